The van der Waals surface area contributed by atoms with E-state index in [2.05, 4.69) is 20.7 Å². The van der Waals surface area contributed by atoms with Crippen molar-refractivity contribution in [2.45, 2.75) is 52.2 Å². The van der Waals surface area contributed by atoms with E-state index < -0.39 is 12.0 Å². The third-order valence-electron chi connectivity index (χ3n) is 4.04. The molecule has 1 heterocycles. The van der Waals surface area contributed by atoms with Crippen LogP contribution < -0.4 is 4.74 Å². The molecular weight excluding hydrogens is 429 g/mol. The van der Waals surface area contributed by atoms with Gasteiger partial charge in [0, 0.05) is 42.3 Å². The van der Waals surface area contributed by atoms with E-state index in [1.165, 1.54) is 12.1 Å². The topological polar surface area (TPSA) is 42.0 Å². The van der Waals surface area contributed by atoms with Gasteiger partial charge in [0.15, 0.2) is 0 Å². The molecule has 0 aromatic heterocycles. The monoisotopic (exact) mass is 452 g/mol. The lowest BCUT2D eigenvalue weighted by atomic mass is 10.1. The molecule has 0 aliphatic carbocycles. The molecule has 2 rings (SSSR count). The van der Waals surface area contributed by atoms with Crippen LogP contribution in [0.1, 0.15) is 33.3 Å². The Kier molecular flexibility index (Phi) is 6.68. The van der Waals surface area contributed by atoms with Gasteiger partial charge in [-0.1, -0.05) is 15.9 Å². The molecule has 1 aromatic rings. The van der Waals surface area contributed by atoms with Gasteiger partial charge in [0.1, 0.15) is 11.4 Å². The van der Waals surface area contributed by atoms with E-state index in [-0.39, 0.29) is 24.4 Å². The summed E-state index contributed by atoms with van der Waals surface area (Å²) >= 11 is 3.29. The Morgan fingerprint density at radius 2 is 1.93 bits per heavy atom. The summed E-state index contributed by atoms with van der Waals surface area (Å²) in [5.41, 5.74) is -0.142. The molecule has 1 amide bonds. The molecule has 0 N–H and O–H groups in total. The number of benzene rings is 1. The summed E-state index contributed by atoms with van der Waals surface area (Å²) in [6.45, 7) is 9.05. The van der Waals surface area contributed by atoms with E-state index in [4.69, 9.17) is 4.74 Å². The van der Waals surface area contributed by atoms with E-state index in [9.17, 15) is 18.0 Å². The Labute approximate surface area is 165 Å². The molecule has 1 aliphatic rings. The van der Waals surface area contributed by atoms with Crippen molar-refractivity contribution in [1.29, 1.82) is 0 Å². The molecule has 0 radical (unpaired) electrons. The number of hydrogen-bond donors (Lipinski definition) is 0. The average Bonchev–Trinajstić information content (AvgIpc) is 2.49. The molecular formula is C18H24BrF3N2O3. The minimum atomic E-state index is -4.75. The van der Waals surface area contributed by atoms with Crippen molar-refractivity contribution >= 4 is 22.0 Å². The van der Waals surface area contributed by atoms with Crippen molar-refractivity contribution in [2.75, 3.05) is 19.6 Å². The highest BCUT2D eigenvalue weighted by Gasteiger charge is 2.33. The predicted molar refractivity (Wildman–Crippen MR) is 98.5 cm³/mol. The van der Waals surface area contributed by atoms with Crippen LogP contribution in [0, 0.1) is 0 Å². The largest absolute Gasteiger partial charge is 0.573 e. The fourth-order valence-corrected chi connectivity index (χ4v) is 3.25. The smallest absolute Gasteiger partial charge is 0.444 e. The van der Waals surface area contributed by atoms with Crippen LogP contribution in [0.3, 0.4) is 0 Å². The number of carbonyl (C=O) groups is 1. The lowest BCUT2D eigenvalue weighted by Crippen LogP contribution is -2.54. The highest BCUT2D eigenvalue weighted by Crippen LogP contribution is 2.30. The third kappa shape index (κ3) is 6.88. The van der Waals surface area contributed by atoms with E-state index in [0.29, 0.717) is 29.7 Å². The number of piperazine rings is 1. The maximum absolute atomic E-state index is 12.6. The number of amides is 1. The van der Waals surface area contributed by atoms with Gasteiger partial charge in [0.25, 0.3) is 0 Å². The highest BCUT2D eigenvalue weighted by atomic mass is 79.9. The maximum atomic E-state index is 12.6. The number of hydrogen-bond acceptors (Lipinski definition) is 4. The summed E-state index contributed by atoms with van der Waals surface area (Å²) in [6, 6.07) is 4.39. The Morgan fingerprint density at radius 3 is 2.48 bits per heavy atom. The molecule has 0 saturated carbocycles. The van der Waals surface area contributed by atoms with Crippen molar-refractivity contribution in [3.05, 3.63) is 28.2 Å². The van der Waals surface area contributed by atoms with Crippen molar-refractivity contribution in [3.63, 3.8) is 0 Å². The van der Waals surface area contributed by atoms with Crippen LogP contribution in [0.15, 0.2) is 22.7 Å². The fourth-order valence-electron chi connectivity index (χ4n) is 2.84. The first-order valence-corrected chi connectivity index (χ1v) is 9.39. The van der Waals surface area contributed by atoms with Gasteiger partial charge in [0.2, 0.25) is 0 Å². The summed E-state index contributed by atoms with van der Waals surface area (Å²) in [6.07, 6.45) is -5.12. The summed E-state index contributed by atoms with van der Waals surface area (Å²) in [7, 11) is 0. The Hall–Kier alpha value is -1.48. The Bertz CT molecular complexity index is 677. The number of carbonyl (C=O) groups excluding carboxylic acids is 1. The quantitative estimate of drug-likeness (QED) is 0.660. The second-order valence-corrected chi connectivity index (χ2v) is 8.46. The lowest BCUT2D eigenvalue weighted by molar-refractivity contribution is -0.275. The van der Waals surface area contributed by atoms with Crippen LogP contribution in [0.2, 0.25) is 0 Å². The van der Waals surface area contributed by atoms with Crippen LogP contribution in [0.5, 0.6) is 5.75 Å². The summed E-state index contributed by atoms with van der Waals surface area (Å²) < 4.78 is 48.1. The zero-order valence-corrected chi connectivity index (χ0v) is 17.4. The van der Waals surface area contributed by atoms with Gasteiger partial charge < -0.3 is 14.4 Å². The van der Waals surface area contributed by atoms with Crippen molar-refractivity contribution in [1.82, 2.24) is 9.80 Å². The van der Waals surface area contributed by atoms with Crippen LogP contribution in [0.4, 0.5) is 18.0 Å². The van der Waals surface area contributed by atoms with Crippen LogP contribution in [-0.2, 0) is 11.3 Å². The second-order valence-electron chi connectivity index (χ2n) is 7.55. The zero-order valence-electron chi connectivity index (χ0n) is 15.8. The van der Waals surface area contributed by atoms with Gasteiger partial charge in [0.05, 0.1) is 0 Å². The summed E-state index contributed by atoms with van der Waals surface area (Å²) in [4.78, 5) is 15.9. The molecule has 1 aromatic carbocycles. The lowest BCUT2D eigenvalue weighted by Gasteiger charge is -2.40. The van der Waals surface area contributed by atoms with Crippen molar-refractivity contribution in [2.24, 2.45) is 0 Å². The fraction of sp³-hybridized carbons (Fsp3) is 0.611. The van der Waals surface area contributed by atoms with E-state index >= 15 is 0 Å². The normalized spacial score (nSPS) is 19.1. The number of nitrogens with zero attached hydrogens (tertiary/aromatic N) is 2. The predicted octanol–water partition coefficient (Wildman–Crippen LogP) is 4.79. The van der Waals surface area contributed by atoms with Crippen LogP contribution in [-0.4, -0.2) is 53.5 Å². The molecule has 0 bridgehead atoms. The van der Waals surface area contributed by atoms with E-state index in [0.717, 1.165) is 0 Å². The first-order valence-electron chi connectivity index (χ1n) is 8.60. The van der Waals surface area contributed by atoms with E-state index in [1.54, 1.807) is 31.7 Å². The Morgan fingerprint density at radius 1 is 1.26 bits per heavy atom. The molecule has 0 spiro atoms. The van der Waals surface area contributed by atoms with Gasteiger partial charge >= 0.3 is 12.5 Å². The van der Waals surface area contributed by atoms with Gasteiger partial charge in [-0.25, -0.2) is 4.79 Å². The first-order chi connectivity index (χ1) is 12.3. The van der Waals surface area contributed by atoms with Crippen molar-refractivity contribution in [3.8, 4) is 5.75 Å². The van der Waals surface area contributed by atoms with Crippen LogP contribution in [0.25, 0.3) is 0 Å². The average molecular weight is 453 g/mol. The Balaban J connectivity index is 2.05. The molecule has 9 heteroatoms. The first kappa shape index (κ1) is 21.8. The van der Waals surface area contributed by atoms with Crippen LogP contribution >= 0.6 is 15.9 Å². The van der Waals surface area contributed by atoms with Gasteiger partial charge in [-0.3, -0.25) is 4.90 Å². The molecule has 27 heavy (non-hydrogen) atoms. The number of rotatable bonds is 3. The molecule has 152 valence electrons. The van der Waals surface area contributed by atoms with Gasteiger partial charge in [-0.2, -0.15) is 0 Å². The SMILES string of the molecule is CC1CN(C(=O)OC(C)(C)C)CCN1Cc1cc(Br)ccc1OC(F)(F)F. The molecule has 1 atom stereocenters. The molecule has 1 aliphatic heterocycles. The number of halogens is 4. The molecule has 1 fully saturated rings. The maximum Gasteiger partial charge on any atom is 0.573 e. The van der Waals surface area contributed by atoms with E-state index in [1.807, 2.05) is 11.8 Å². The van der Waals surface area contributed by atoms with Gasteiger partial charge in [-0.15, -0.1) is 13.2 Å². The minimum absolute atomic E-state index is 0.0380. The zero-order chi connectivity index (χ0) is 20.4. The summed E-state index contributed by atoms with van der Waals surface area (Å²) in [5.74, 6) is -0.215. The molecule has 1 saturated heterocycles. The third-order valence-corrected chi connectivity index (χ3v) is 4.53. The minimum Gasteiger partial charge on any atom is -0.444 e. The summed E-state index contributed by atoms with van der Waals surface area (Å²) in [5, 5.41) is 0. The van der Waals surface area contributed by atoms with Crippen molar-refractivity contribution < 1.29 is 27.4 Å². The number of alkyl halides is 3. The highest BCUT2D eigenvalue weighted by molar-refractivity contribution is 9.10. The number of ether oxygens (including phenoxy) is 2. The standard InChI is InChI=1S/C18H24BrF3N2O3/c1-12-10-24(16(25)27-17(2,3)4)8-7-23(12)11-13-9-14(19)5-6-15(13)26-18(20,21)22/h5-6,9,12H,7-8,10-11H2,1-4H3. The second kappa shape index (κ2) is 8.26. The molecule has 5 nitrogen and oxygen atoms in total. The molecule has 1 unspecified atom stereocenters. The van der Waals surface area contributed by atoms with Gasteiger partial charge in [-0.05, 0) is 45.9 Å².